The highest BCUT2D eigenvalue weighted by molar-refractivity contribution is 6.29. The van der Waals surface area contributed by atoms with Gasteiger partial charge in [-0.15, -0.1) is 0 Å². The third-order valence-corrected chi connectivity index (χ3v) is 5.00. The van der Waals surface area contributed by atoms with Crippen molar-refractivity contribution in [1.29, 1.82) is 0 Å². The molecule has 0 saturated carbocycles. The molecule has 0 N–H and O–H groups in total. The molecule has 1 aliphatic heterocycles. The van der Waals surface area contributed by atoms with E-state index in [0.717, 1.165) is 5.56 Å². The van der Waals surface area contributed by atoms with Crippen molar-refractivity contribution in [1.82, 2.24) is 19.9 Å². The number of nitrogens with zero attached hydrogens (tertiary/aromatic N) is 4. The molecule has 0 radical (unpaired) electrons. The molecule has 1 saturated heterocycles. The minimum absolute atomic E-state index is 0.0383. The highest BCUT2D eigenvalue weighted by Gasteiger charge is 2.44. The van der Waals surface area contributed by atoms with Crippen molar-refractivity contribution < 1.29 is 18.3 Å². The smallest absolute Gasteiger partial charge is 0.410 e. The van der Waals surface area contributed by atoms with Crippen LogP contribution in [0.15, 0.2) is 35.0 Å². The average Bonchev–Trinajstić information content (AvgIpc) is 3.11. The molecule has 0 bridgehead atoms. The first-order valence-corrected chi connectivity index (χ1v) is 10.1. The number of likely N-dealkylation sites (tertiary alicyclic amines) is 1. The molecule has 1 atom stereocenters. The third-order valence-electron chi connectivity index (χ3n) is 4.79. The van der Waals surface area contributed by atoms with Crippen LogP contribution in [-0.2, 0) is 10.4 Å². The molecule has 30 heavy (non-hydrogen) atoms. The number of halogens is 2. The Morgan fingerprint density at radius 1 is 1.30 bits per heavy atom. The number of amides is 1. The van der Waals surface area contributed by atoms with E-state index in [0.29, 0.717) is 34.9 Å². The molecule has 1 fully saturated rings. The fourth-order valence-corrected chi connectivity index (χ4v) is 3.58. The van der Waals surface area contributed by atoms with E-state index in [1.165, 1.54) is 11.2 Å². The van der Waals surface area contributed by atoms with Gasteiger partial charge in [-0.1, -0.05) is 11.6 Å². The van der Waals surface area contributed by atoms with Crippen LogP contribution in [0.1, 0.15) is 39.5 Å². The summed E-state index contributed by atoms with van der Waals surface area (Å²) in [4.78, 5) is 26.2. The second-order valence-corrected chi connectivity index (χ2v) is 8.79. The largest absolute Gasteiger partial charge is 0.444 e. The molecule has 0 aliphatic carbocycles. The number of carbonyl (C=O) groups excluding carboxylic acids is 1. The molecule has 3 aromatic rings. The zero-order valence-corrected chi connectivity index (χ0v) is 17.7. The summed E-state index contributed by atoms with van der Waals surface area (Å²) >= 11 is 5.94. The number of hydrogen-bond donors (Lipinski definition) is 0. The summed E-state index contributed by atoms with van der Waals surface area (Å²) in [6.45, 7) is 5.60. The Bertz CT molecular complexity index is 1100. The van der Waals surface area contributed by atoms with Gasteiger partial charge in [0, 0.05) is 18.2 Å². The predicted molar refractivity (Wildman–Crippen MR) is 110 cm³/mol. The highest BCUT2D eigenvalue weighted by atomic mass is 35.5. The molecule has 2 aromatic heterocycles. The molecule has 158 valence electrons. The van der Waals surface area contributed by atoms with Gasteiger partial charge < -0.3 is 14.1 Å². The van der Waals surface area contributed by atoms with Gasteiger partial charge in [-0.25, -0.2) is 24.1 Å². The lowest BCUT2D eigenvalue weighted by molar-refractivity contribution is -0.0140. The number of fused-ring (bicyclic) bond motifs is 1. The van der Waals surface area contributed by atoms with Gasteiger partial charge in [-0.05, 0) is 51.8 Å². The molecule has 0 spiro atoms. The first-order chi connectivity index (χ1) is 14.1. The van der Waals surface area contributed by atoms with Crippen LogP contribution in [0.3, 0.4) is 0 Å². The molecule has 3 heterocycles. The lowest BCUT2D eigenvalue weighted by atomic mass is 9.95. The van der Waals surface area contributed by atoms with E-state index in [1.807, 2.05) is 0 Å². The van der Waals surface area contributed by atoms with Crippen molar-refractivity contribution in [2.75, 3.05) is 13.1 Å². The summed E-state index contributed by atoms with van der Waals surface area (Å²) < 4.78 is 26.9. The van der Waals surface area contributed by atoms with Crippen LogP contribution in [-0.4, -0.2) is 44.6 Å². The molecule has 7 nitrogen and oxygen atoms in total. The number of rotatable bonds is 2. The van der Waals surface area contributed by atoms with E-state index in [9.17, 15) is 4.79 Å². The number of benzene rings is 1. The zero-order chi connectivity index (χ0) is 21.5. The SMILES string of the molecule is CC(C)(C)OC(=O)N1CCCC(F)(c2nc3cc(-c4cc(Cl)ncn4)ccc3o2)C1. The van der Waals surface area contributed by atoms with Crippen molar-refractivity contribution in [2.24, 2.45) is 0 Å². The van der Waals surface area contributed by atoms with Gasteiger partial charge in [0.05, 0.1) is 12.2 Å². The van der Waals surface area contributed by atoms with E-state index in [2.05, 4.69) is 15.0 Å². The topological polar surface area (TPSA) is 81.4 Å². The minimum atomic E-state index is -1.88. The number of alkyl halides is 1. The number of oxazole rings is 1. The third kappa shape index (κ3) is 4.23. The van der Waals surface area contributed by atoms with Gasteiger partial charge >= 0.3 is 6.09 Å². The quantitative estimate of drug-likeness (QED) is 0.522. The van der Waals surface area contributed by atoms with Gasteiger partial charge in [0.25, 0.3) is 0 Å². The molecule has 1 unspecified atom stereocenters. The first-order valence-electron chi connectivity index (χ1n) is 9.69. The second kappa shape index (κ2) is 7.50. The van der Waals surface area contributed by atoms with E-state index >= 15 is 4.39 Å². The Morgan fingerprint density at radius 2 is 2.10 bits per heavy atom. The fraction of sp³-hybridized carbons (Fsp3) is 0.429. The number of ether oxygens (including phenoxy) is 1. The normalized spacial score (nSPS) is 19.8. The summed E-state index contributed by atoms with van der Waals surface area (Å²) in [6, 6.07) is 6.92. The van der Waals surface area contributed by atoms with Crippen molar-refractivity contribution in [3.63, 3.8) is 0 Å². The molecule has 9 heteroatoms. The highest BCUT2D eigenvalue weighted by Crippen LogP contribution is 2.37. The fourth-order valence-electron chi connectivity index (χ4n) is 3.44. The van der Waals surface area contributed by atoms with Gasteiger partial charge in [-0.2, -0.15) is 0 Å². The maximum atomic E-state index is 15.8. The number of hydrogen-bond acceptors (Lipinski definition) is 6. The van der Waals surface area contributed by atoms with E-state index in [4.69, 9.17) is 20.8 Å². The van der Waals surface area contributed by atoms with Crippen LogP contribution in [0.5, 0.6) is 0 Å². The lowest BCUT2D eigenvalue weighted by Crippen LogP contribution is -2.48. The van der Waals surface area contributed by atoms with E-state index in [1.54, 1.807) is 45.0 Å². The Morgan fingerprint density at radius 3 is 2.83 bits per heavy atom. The van der Waals surface area contributed by atoms with Crippen LogP contribution >= 0.6 is 11.6 Å². The molecular formula is C21H22ClFN4O3. The molecule has 1 aliphatic rings. The number of carbonyl (C=O) groups is 1. The summed E-state index contributed by atoms with van der Waals surface area (Å²) in [7, 11) is 0. The summed E-state index contributed by atoms with van der Waals surface area (Å²) in [5.74, 6) is -0.0383. The molecule has 4 rings (SSSR count). The average molecular weight is 433 g/mol. The Balaban J connectivity index is 1.61. The van der Waals surface area contributed by atoms with Gasteiger partial charge in [0.15, 0.2) is 5.58 Å². The molecule has 1 aromatic carbocycles. The standard InChI is InChI=1S/C21H22ClFN4O3/c1-20(2,3)30-19(28)27-8-4-7-21(23,11-27)18-26-15-9-13(5-6-16(15)29-18)14-10-17(22)25-12-24-14/h5-6,9-10,12H,4,7-8,11H2,1-3H3. The minimum Gasteiger partial charge on any atom is -0.444 e. The van der Waals surface area contributed by atoms with E-state index < -0.39 is 17.4 Å². The van der Waals surface area contributed by atoms with Crippen LogP contribution < -0.4 is 0 Å². The van der Waals surface area contributed by atoms with Crippen molar-refractivity contribution in [3.8, 4) is 11.3 Å². The zero-order valence-electron chi connectivity index (χ0n) is 17.0. The predicted octanol–water partition coefficient (Wildman–Crippen LogP) is 5.13. The first kappa shape index (κ1) is 20.5. The van der Waals surface area contributed by atoms with Crippen LogP contribution in [0, 0.1) is 0 Å². The van der Waals surface area contributed by atoms with Crippen molar-refractivity contribution >= 4 is 28.8 Å². The van der Waals surface area contributed by atoms with Crippen LogP contribution in [0.2, 0.25) is 5.15 Å². The summed E-state index contributed by atoms with van der Waals surface area (Å²) in [6.07, 6.45) is 1.54. The van der Waals surface area contributed by atoms with E-state index in [-0.39, 0.29) is 18.9 Å². The van der Waals surface area contributed by atoms with Crippen LogP contribution in [0.4, 0.5) is 9.18 Å². The molecule has 1 amide bonds. The van der Waals surface area contributed by atoms with Gasteiger partial charge in [-0.3, -0.25) is 0 Å². The van der Waals surface area contributed by atoms with Crippen molar-refractivity contribution in [2.45, 2.75) is 44.9 Å². The van der Waals surface area contributed by atoms with Crippen LogP contribution in [0.25, 0.3) is 22.4 Å². The lowest BCUT2D eigenvalue weighted by Gasteiger charge is -2.36. The monoisotopic (exact) mass is 432 g/mol. The number of aromatic nitrogens is 3. The Kier molecular flexibility index (Phi) is 5.13. The Hall–Kier alpha value is -2.74. The number of piperidine rings is 1. The van der Waals surface area contributed by atoms with Gasteiger partial charge in [0.2, 0.25) is 11.6 Å². The second-order valence-electron chi connectivity index (χ2n) is 8.40. The summed E-state index contributed by atoms with van der Waals surface area (Å²) in [5, 5.41) is 0.327. The van der Waals surface area contributed by atoms with Gasteiger partial charge in [0.1, 0.15) is 22.6 Å². The summed E-state index contributed by atoms with van der Waals surface area (Å²) in [5.41, 5.74) is -0.175. The van der Waals surface area contributed by atoms with Crippen molar-refractivity contribution in [3.05, 3.63) is 41.6 Å². The maximum absolute atomic E-state index is 15.8. The molecular weight excluding hydrogens is 411 g/mol. The Labute approximate surface area is 178 Å². The maximum Gasteiger partial charge on any atom is 0.410 e.